The molecule has 1 aliphatic heterocycles. The van der Waals surface area contributed by atoms with Gasteiger partial charge < -0.3 is 14.6 Å². The summed E-state index contributed by atoms with van der Waals surface area (Å²) < 4.78 is 5.36. The standard InChI is InChI=1S/C17H19ClN2O2S/c18-15-2-1-13(22-15)16(21)20(10-12-3-8-23-11-12)14-9-17(14)4-6-19-7-5-17/h1-3,8,11,14,19H,4-7,9-10H2/t14-/m0/s1. The van der Waals surface area contributed by atoms with E-state index in [0.29, 0.717) is 23.8 Å². The number of thiophene rings is 1. The number of amides is 1. The summed E-state index contributed by atoms with van der Waals surface area (Å²) in [4.78, 5) is 14.9. The normalized spacial score (nSPS) is 22.2. The van der Waals surface area contributed by atoms with Crippen molar-refractivity contribution in [2.24, 2.45) is 5.41 Å². The topological polar surface area (TPSA) is 45.5 Å². The van der Waals surface area contributed by atoms with E-state index in [0.717, 1.165) is 32.4 Å². The van der Waals surface area contributed by atoms with Crippen LogP contribution >= 0.6 is 22.9 Å². The molecule has 122 valence electrons. The fourth-order valence-corrected chi connectivity index (χ4v) is 4.51. The van der Waals surface area contributed by atoms with E-state index in [-0.39, 0.29) is 11.1 Å². The van der Waals surface area contributed by atoms with Gasteiger partial charge in [0, 0.05) is 12.6 Å². The highest BCUT2D eigenvalue weighted by Gasteiger charge is 2.58. The molecule has 2 aliphatic rings. The van der Waals surface area contributed by atoms with E-state index in [1.165, 1.54) is 5.56 Å². The summed E-state index contributed by atoms with van der Waals surface area (Å²) in [6.45, 7) is 2.73. The molecule has 4 nitrogen and oxygen atoms in total. The van der Waals surface area contributed by atoms with Crippen LogP contribution in [0.4, 0.5) is 0 Å². The number of hydrogen-bond donors (Lipinski definition) is 1. The van der Waals surface area contributed by atoms with Crippen molar-refractivity contribution in [2.45, 2.75) is 31.8 Å². The van der Waals surface area contributed by atoms with E-state index in [1.54, 1.807) is 23.5 Å². The molecule has 2 aromatic rings. The van der Waals surface area contributed by atoms with E-state index in [1.807, 2.05) is 4.90 Å². The minimum absolute atomic E-state index is 0.0523. The smallest absolute Gasteiger partial charge is 0.290 e. The average molecular weight is 351 g/mol. The molecule has 1 saturated carbocycles. The number of carbonyl (C=O) groups is 1. The van der Waals surface area contributed by atoms with Gasteiger partial charge >= 0.3 is 0 Å². The third-order valence-electron chi connectivity index (χ3n) is 5.10. The third-order valence-corrected chi connectivity index (χ3v) is 6.04. The quantitative estimate of drug-likeness (QED) is 0.912. The van der Waals surface area contributed by atoms with Crippen LogP contribution in [0.5, 0.6) is 0 Å². The Morgan fingerprint density at radius 3 is 2.87 bits per heavy atom. The van der Waals surface area contributed by atoms with Crippen molar-refractivity contribution in [3.63, 3.8) is 0 Å². The van der Waals surface area contributed by atoms with Crippen LogP contribution in [0.1, 0.15) is 35.4 Å². The van der Waals surface area contributed by atoms with Crippen LogP contribution in [0.2, 0.25) is 5.22 Å². The van der Waals surface area contributed by atoms with Gasteiger partial charge in [0.2, 0.25) is 0 Å². The second kappa shape index (κ2) is 5.96. The Labute approximate surface area is 144 Å². The fraction of sp³-hybridized carbons (Fsp3) is 0.471. The Bertz CT molecular complexity index is 691. The second-order valence-electron chi connectivity index (χ2n) is 6.50. The molecule has 6 heteroatoms. The van der Waals surface area contributed by atoms with Crippen LogP contribution in [0.3, 0.4) is 0 Å². The number of rotatable bonds is 4. The monoisotopic (exact) mass is 350 g/mol. The first kappa shape index (κ1) is 15.2. The van der Waals surface area contributed by atoms with Crippen molar-refractivity contribution in [1.29, 1.82) is 0 Å². The highest BCUT2D eigenvalue weighted by Crippen LogP contribution is 2.56. The van der Waals surface area contributed by atoms with E-state index >= 15 is 0 Å². The van der Waals surface area contributed by atoms with Gasteiger partial charge in [0.15, 0.2) is 11.0 Å². The molecular formula is C17H19ClN2O2S. The summed E-state index contributed by atoms with van der Waals surface area (Å²) in [5, 5.41) is 7.83. The summed E-state index contributed by atoms with van der Waals surface area (Å²) in [6.07, 6.45) is 3.38. The first-order chi connectivity index (χ1) is 11.2. The van der Waals surface area contributed by atoms with E-state index in [9.17, 15) is 4.79 Å². The minimum Gasteiger partial charge on any atom is -0.440 e. The van der Waals surface area contributed by atoms with Gasteiger partial charge in [0.05, 0.1) is 0 Å². The molecular weight excluding hydrogens is 332 g/mol. The molecule has 1 saturated heterocycles. The number of carbonyl (C=O) groups excluding carboxylic acids is 1. The lowest BCUT2D eigenvalue weighted by molar-refractivity contribution is 0.0660. The molecule has 1 atom stereocenters. The van der Waals surface area contributed by atoms with Gasteiger partial charge in [-0.3, -0.25) is 4.79 Å². The van der Waals surface area contributed by atoms with E-state index in [4.69, 9.17) is 16.0 Å². The Hall–Kier alpha value is -1.30. The van der Waals surface area contributed by atoms with Gasteiger partial charge in [0.25, 0.3) is 5.91 Å². The summed E-state index contributed by atoms with van der Waals surface area (Å²) >= 11 is 7.51. The predicted molar refractivity (Wildman–Crippen MR) is 90.9 cm³/mol. The molecule has 23 heavy (non-hydrogen) atoms. The number of furan rings is 1. The molecule has 1 aliphatic carbocycles. The number of hydrogen-bond acceptors (Lipinski definition) is 4. The molecule has 0 unspecified atom stereocenters. The molecule has 4 rings (SSSR count). The molecule has 0 aromatic carbocycles. The van der Waals surface area contributed by atoms with E-state index < -0.39 is 0 Å². The lowest BCUT2D eigenvalue weighted by Crippen LogP contribution is -2.39. The molecule has 0 radical (unpaired) electrons. The van der Waals surface area contributed by atoms with Crippen LogP contribution in [0.15, 0.2) is 33.4 Å². The maximum absolute atomic E-state index is 13.0. The Morgan fingerprint density at radius 1 is 1.39 bits per heavy atom. The number of piperidine rings is 1. The highest BCUT2D eigenvalue weighted by atomic mass is 35.5. The lowest BCUT2D eigenvalue weighted by Gasteiger charge is -2.29. The zero-order chi connectivity index (χ0) is 15.9. The van der Waals surface area contributed by atoms with E-state index in [2.05, 4.69) is 22.1 Å². The van der Waals surface area contributed by atoms with Crippen molar-refractivity contribution in [1.82, 2.24) is 10.2 Å². The summed E-state index contributed by atoms with van der Waals surface area (Å²) in [6, 6.07) is 5.69. The summed E-state index contributed by atoms with van der Waals surface area (Å²) in [5.74, 6) is 0.282. The van der Waals surface area contributed by atoms with Gasteiger partial charge in [-0.2, -0.15) is 11.3 Å². The van der Waals surface area contributed by atoms with Crippen LogP contribution in [-0.2, 0) is 6.54 Å². The Morgan fingerprint density at radius 2 is 2.22 bits per heavy atom. The molecule has 3 heterocycles. The van der Waals surface area contributed by atoms with Crippen LogP contribution in [-0.4, -0.2) is 29.9 Å². The highest BCUT2D eigenvalue weighted by molar-refractivity contribution is 7.07. The Balaban J connectivity index is 1.58. The average Bonchev–Trinajstić information content (AvgIpc) is 2.97. The first-order valence-corrected chi connectivity index (χ1v) is 9.28. The number of nitrogens with one attached hydrogen (secondary N) is 1. The molecule has 2 aromatic heterocycles. The fourth-order valence-electron chi connectivity index (χ4n) is 3.70. The SMILES string of the molecule is O=C(c1ccc(Cl)o1)N(Cc1ccsc1)[C@H]1CC12CCNCC2. The molecule has 2 fully saturated rings. The third kappa shape index (κ3) is 2.93. The van der Waals surface area contributed by atoms with Gasteiger partial charge in [-0.05, 0) is 83.9 Å². The second-order valence-corrected chi connectivity index (χ2v) is 7.65. The van der Waals surface area contributed by atoms with Crippen molar-refractivity contribution in [2.75, 3.05) is 13.1 Å². The number of halogens is 1. The van der Waals surface area contributed by atoms with Gasteiger partial charge in [0.1, 0.15) is 0 Å². The maximum atomic E-state index is 13.0. The molecule has 1 amide bonds. The lowest BCUT2D eigenvalue weighted by atomic mass is 9.93. The van der Waals surface area contributed by atoms with Crippen LogP contribution < -0.4 is 5.32 Å². The van der Waals surface area contributed by atoms with Gasteiger partial charge in [-0.25, -0.2) is 0 Å². The zero-order valence-corrected chi connectivity index (χ0v) is 14.3. The maximum Gasteiger partial charge on any atom is 0.290 e. The van der Waals surface area contributed by atoms with Crippen LogP contribution in [0, 0.1) is 5.41 Å². The van der Waals surface area contributed by atoms with Crippen molar-refractivity contribution >= 4 is 28.8 Å². The van der Waals surface area contributed by atoms with Crippen LogP contribution in [0.25, 0.3) is 0 Å². The Kier molecular flexibility index (Phi) is 3.95. The largest absolute Gasteiger partial charge is 0.440 e. The molecule has 1 N–H and O–H groups in total. The molecule has 1 spiro atoms. The first-order valence-electron chi connectivity index (χ1n) is 7.96. The van der Waals surface area contributed by atoms with Crippen molar-refractivity contribution in [3.8, 4) is 0 Å². The van der Waals surface area contributed by atoms with Gasteiger partial charge in [-0.1, -0.05) is 0 Å². The molecule has 0 bridgehead atoms. The summed E-state index contributed by atoms with van der Waals surface area (Å²) in [5.41, 5.74) is 1.48. The van der Waals surface area contributed by atoms with Crippen molar-refractivity contribution < 1.29 is 9.21 Å². The number of nitrogens with zero attached hydrogens (tertiary/aromatic N) is 1. The van der Waals surface area contributed by atoms with Crippen molar-refractivity contribution in [3.05, 3.63) is 45.5 Å². The van der Waals surface area contributed by atoms with Gasteiger partial charge in [-0.15, -0.1) is 0 Å². The minimum atomic E-state index is -0.0523. The predicted octanol–water partition coefficient (Wildman–Crippen LogP) is 3.78. The summed E-state index contributed by atoms with van der Waals surface area (Å²) in [7, 11) is 0. The zero-order valence-electron chi connectivity index (χ0n) is 12.8.